The van der Waals surface area contributed by atoms with Gasteiger partial charge < -0.3 is 19.7 Å². The fourth-order valence-electron chi connectivity index (χ4n) is 4.49. The van der Waals surface area contributed by atoms with Crippen LogP contribution in [-0.4, -0.2) is 58.0 Å². The number of hydrogen-bond donors (Lipinski definition) is 1. The normalized spacial score (nSPS) is 12.6. The maximum atomic E-state index is 14.1. The first-order valence-corrected chi connectivity index (χ1v) is 15.5. The zero-order valence-electron chi connectivity index (χ0n) is 25.5. The Kier molecular flexibility index (Phi) is 11.5. The van der Waals surface area contributed by atoms with Crippen molar-refractivity contribution >= 4 is 27.5 Å². The number of benzene rings is 3. The van der Waals surface area contributed by atoms with Gasteiger partial charge in [0.25, 0.3) is 10.0 Å². The molecule has 0 spiro atoms. The Hall–Kier alpha value is -4.12. The summed E-state index contributed by atoms with van der Waals surface area (Å²) < 4.78 is 53.5. The molecular weight excluding hydrogens is 573 g/mol. The molecule has 9 nitrogen and oxygen atoms in total. The Morgan fingerprint density at radius 2 is 1.53 bits per heavy atom. The molecule has 0 heterocycles. The lowest BCUT2D eigenvalue weighted by atomic mass is 10.1. The smallest absolute Gasteiger partial charge is 0.264 e. The van der Waals surface area contributed by atoms with Gasteiger partial charge in [-0.1, -0.05) is 43.7 Å². The van der Waals surface area contributed by atoms with Gasteiger partial charge in [-0.25, -0.2) is 12.8 Å². The molecule has 43 heavy (non-hydrogen) atoms. The van der Waals surface area contributed by atoms with Gasteiger partial charge in [0, 0.05) is 18.7 Å². The lowest BCUT2D eigenvalue weighted by molar-refractivity contribution is -0.140. The molecule has 0 bridgehead atoms. The Balaban J connectivity index is 2.09. The highest BCUT2D eigenvalue weighted by molar-refractivity contribution is 7.92. The van der Waals surface area contributed by atoms with Crippen LogP contribution in [-0.2, 0) is 26.2 Å². The second kappa shape index (κ2) is 14.9. The van der Waals surface area contributed by atoms with Crippen LogP contribution in [0.2, 0.25) is 0 Å². The molecule has 0 aliphatic heterocycles. The summed E-state index contributed by atoms with van der Waals surface area (Å²) >= 11 is 0. The van der Waals surface area contributed by atoms with Crippen LogP contribution in [0, 0.1) is 12.7 Å². The minimum Gasteiger partial charge on any atom is -0.493 e. The standard InChI is InChI=1S/C32H40FN3O6S/c1-7-23(4)34-32(38)28(8-2)35(20-24-11-9-22(3)10-12-24)31(37)21-36(26-15-13-25(33)14-16-26)43(39,40)27-17-18-29(41-5)30(19-27)42-6/h9-19,23,28H,7-8,20-21H2,1-6H3,(H,34,38)/t23-,28-/m0/s1. The fraction of sp³-hybridized carbons (Fsp3) is 0.375. The van der Waals surface area contributed by atoms with Crippen molar-refractivity contribution < 1.29 is 31.9 Å². The number of amides is 2. The summed E-state index contributed by atoms with van der Waals surface area (Å²) in [6.07, 6.45) is 1.01. The van der Waals surface area contributed by atoms with Crippen molar-refractivity contribution in [2.75, 3.05) is 25.1 Å². The monoisotopic (exact) mass is 613 g/mol. The van der Waals surface area contributed by atoms with E-state index in [0.29, 0.717) is 18.6 Å². The topological polar surface area (TPSA) is 105 Å². The van der Waals surface area contributed by atoms with Gasteiger partial charge in [0.05, 0.1) is 24.8 Å². The van der Waals surface area contributed by atoms with Crippen LogP contribution in [0.3, 0.4) is 0 Å². The summed E-state index contributed by atoms with van der Waals surface area (Å²) in [6.45, 7) is 7.01. The number of methoxy groups -OCH3 is 2. The van der Waals surface area contributed by atoms with E-state index in [1.807, 2.05) is 45.0 Å². The van der Waals surface area contributed by atoms with E-state index in [4.69, 9.17) is 9.47 Å². The van der Waals surface area contributed by atoms with E-state index < -0.39 is 34.3 Å². The van der Waals surface area contributed by atoms with Gasteiger partial charge in [0.1, 0.15) is 18.4 Å². The summed E-state index contributed by atoms with van der Waals surface area (Å²) in [6, 6.07) is 15.5. The minimum absolute atomic E-state index is 0.0805. The maximum Gasteiger partial charge on any atom is 0.264 e. The number of sulfonamides is 1. The second-order valence-corrected chi connectivity index (χ2v) is 12.1. The van der Waals surface area contributed by atoms with E-state index in [0.717, 1.165) is 27.6 Å². The first-order chi connectivity index (χ1) is 20.4. The molecule has 0 saturated heterocycles. The molecule has 0 aliphatic carbocycles. The van der Waals surface area contributed by atoms with E-state index in [-0.39, 0.29) is 34.8 Å². The predicted molar refractivity (Wildman–Crippen MR) is 164 cm³/mol. The summed E-state index contributed by atoms with van der Waals surface area (Å²) in [4.78, 5) is 28.8. The highest BCUT2D eigenvalue weighted by Crippen LogP contribution is 2.32. The van der Waals surface area contributed by atoms with Crippen LogP contribution >= 0.6 is 0 Å². The van der Waals surface area contributed by atoms with Crippen molar-refractivity contribution in [3.8, 4) is 11.5 Å². The van der Waals surface area contributed by atoms with Gasteiger partial charge in [-0.15, -0.1) is 0 Å². The summed E-state index contributed by atoms with van der Waals surface area (Å²) in [5.74, 6) is -0.975. The molecule has 2 amide bonds. The molecule has 0 fully saturated rings. The third kappa shape index (κ3) is 8.25. The summed E-state index contributed by atoms with van der Waals surface area (Å²) in [5.41, 5.74) is 1.90. The van der Waals surface area contributed by atoms with Crippen molar-refractivity contribution in [1.29, 1.82) is 0 Å². The summed E-state index contributed by atoms with van der Waals surface area (Å²) in [5, 5.41) is 2.95. The zero-order valence-corrected chi connectivity index (χ0v) is 26.3. The lowest BCUT2D eigenvalue weighted by Gasteiger charge is -2.33. The van der Waals surface area contributed by atoms with Crippen LogP contribution in [0.1, 0.15) is 44.7 Å². The highest BCUT2D eigenvalue weighted by Gasteiger charge is 2.34. The van der Waals surface area contributed by atoms with Gasteiger partial charge in [-0.05, 0) is 68.7 Å². The molecular formula is C32H40FN3O6S. The Morgan fingerprint density at radius 3 is 2.09 bits per heavy atom. The number of hydrogen-bond acceptors (Lipinski definition) is 6. The van der Waals surface area contributed by atoms with E-state index >= 15 is 0 Å². The number of ether oxygens (including phenoxy) is 2. The number of carbonyl (C=O) groups is 2. The Morgan fingerprint density at radius 1 is 0.907 bits per heavy atom. The van der Waals surface area contributed by atoms with E-state index in [9.17, 15) is 22.4 Å². The molecule has 0 radical (unpaired) electrons. The SMILES string of the molecule is CC[C@H](C)NC(=O)[C@H](CC)N(Cc1ccc(C)cc1)C(=O)CN(c1ccc(F)cc1)S(=O)(=O)c1ccc(OC)c(OC)c1. The van der Waals surface area contributed by atoms with Crippen LogP contribution in [0.15, 0.2) is 71.6 Å². The third-order valence-corrected chi connectivity index (χ3v) is 8.97. The molecule has 0 saturated carbocycles. The third-order valence-electron chi connectivity index (χ3n) is 7.20. The number of halogens is 1. The molecule has 3 aromatic rings. The summed E-state index contributed by atoms with van der Waals surface area (Å²) in [7, 11) is -1.57. The van der Waals surface area contributed by atoms with Gasteiger partial charge in [-0.2, -0.15) is 0 Å². The first kappa shape index (κ1) is 33.4. The Labute approximate surface area is 253 Å². The molecule has 232 valence electrons. The van der Waals surface area contributed by atoms with Crippen molar-refractivity contribution in [2.24, 2.45) is 0 Å². The molecule has 0 aromatic heterocycles. The predicted octanol–water partition coefficient (Wildman–Crippen LogP) is 5.07. The maximum absolute atomic E-state index is 14.1. The van der Waals surface area contributed by atoms with Gasteiger partial charge >= 0.3 is 0 Å². The second-order valence-electron chi connectivity index (χ2n) is 10.3. The molecule has 2 atom stereocenters. The van der Waals surface area contributed by atoms with Crippen molar-refractivity contribution in [3.05, 3.63) is 83.7 Å². The number of nitrogens with one attached hydrogen (secondary N) is 1. The van der Waals surface area contributed by atoms with E-state index in [1.165, 1.54) is 49.5 Å². The lowest BCUT2D eigenvalue weighted by Crippen LogP contribution is -2.53. The van der Waals surface area contributed by atoms with Crippen LogP contribution in [0.5, 0.6) is 11.5 Å². The highest BCUT2D eigenvalue weighted by atomic mass is 32.2. The van der Waals surface area contributed by atoms with Crippen molar-refractivity contribution in [1.82, 2.24) is 10.2 Å². The van der Waals surface area contributed by atoms with Crippen molar-refractivity contribution in [2.45, 2.75) is 64.1 Å². The van der Waals surface area contributed by atoms with E-state index in [1.54, 1.807) is 6.92 Å². The Bertz CT molecular complexity index is 1500. The average molecular weight is 614 g/mol. The number of carbonyl (C=O) groups excluding carboxylic acids is 2. The number of rotatable bonds is 14. The molecule has 0 aliphatic rings. The number of aryl methyl sites for hydroxylation is 1. The van der Waals surface area contributed by atoms with Gasteiger partial charge in [-0.3, -0.25) is 13.9 Å². The minimum atomic E-state index is -4.38. The fourth-order valence-corrected chi connectivity index (χ4v) is 5.92. The van der Waals surface area contributed by atoms with Crippen LogP contribution < -0.4 is 19.1 Å². The van der Waals surface area contributed by atoms with Crippen molar-refractivity contribution in [3.63, 3.8) is 0 Å². The van der Waals surface area contributed by atoms with E-state index in [2.05, 4.69) is 5.32 Å². The number of anilines is 1. The quantitative estimate of drug-likeness (QED) is 0.272. The molecule has 3 rings (SSSR count). The average Bonchev–Trinajstić information content (AvgIpc) is 3.00. The molecule has 11 heteroatoms. The molecule has 1 N–H and O–H groups in total. The zero-order chi connectivity index (χ0) is 31.7. The largest absolute Gasteiger partial charge is 0.493 e. The van der Waals surface area contributed by atoms with Crippen LogP contribution in [0.25, 0.3) is 0 Å². The molecule has 0 unspecified atom stereocenters. The first-order valence-electron chi connectivity index (χ1n) is 14.1. The van der Waals surface area contributed by atoms with Crippen LogP contribution in [0.4, 0.5) is 10.1 Å². The van der Waals surface area contributed by atoms with Gasteiger partial charge in [0.15, 0.2) is 11.5 Å². The van der Waals surface area contributed by atoms with Gasteiger partial charge in [0.2, 0.25) is 11.8 Å². The number of nitrogens with zero attached hydrogens (tertiary/aromatic N) is 2. The molecule has 3 aromatic carbocycles.